The van der Waals surface area contributed by atoms with Crippen molar-refractivity contribution in [1.29, 1.82) is 0 Å². The number of halogens is 1. The maximum Gasteiger partial charge on any atom is 0.131 e. The van der Waals surface area contributed by atoms with Crippen molar-refractivity contribution in [2.75, 3.05) is 0 Å². The van der Waals surface area contributed by atoms with E-state index in [-0.39, 0.29) is 1050 Å². The van der Waals surface area contributed by atoms with Crippen molar-refractivity contribution >= 4 is 42.7 Å². The van der Waals surface area contributed by atoms with E-state index in [1.54, 1.807) is 22.9 Å². The van der Waals surface area contributed by atoms with Gasteiger partial charge in [0.25, 0.3) is 0 Å². The van der Waals surface area contributed by atoms with Crippen LogP contribution >= 0.6 is 30.9 Å². The zero-order valence-electron chi connectivity index (χ0n) is 19.0. The summed E-state index contributed by atoms with van der Waals surface area (Å²) in [5, 5.41) is 0. The molecule has 0 amide bonds. The molecule has 0 spiro atoms. The summed E-state index contributed by atoms with van der Waals surface area (Å²) in [7, 11) is 2.56. The van der Waals surface area contributed by atoms with Crippen LogP contribution in [0.2, 0.25) is 1.41 Å². The second-order valence-corrected chi connectivity index (χ2v) is 0. The molecule has 0 bridgehead atoms. The van der Waals surface area contributed by atoms with Crippen molar-refractivity contribution in [2.45, 2.75) is 134 Å². The van der Waals surface area contributed by atoms with E-state index < -0.39 is 0 Å². The molecule has 1 nitrogen and oxygen atoms in total. The third-order valence-electron chi connectivity index (χ3n) is 0. The van der Waals surface area contributed by atoms with E-state index in [0.717, 1.165) is 0 Å². The van der Waals surface area contributed by atoms with Crippen LogP contribution in [0.4, 0.5) is 0 Å². The third kappa shape index (κ3) is 486. The van der Waals surface area contributed by atoms with Gasteiger partial charge in [-0.3, -0.25) is 3.94 Å². The van der Waals surface area contributed by atoms with Crippen LogP contribution in [0.5, 0.6) is 0 Å². The number of rotatable bonds is 0. The average Bonchev–Trinajstić information content (AvgIpc) is 1.46. The summed E-state index contributed by atoms with van der Waals surface area (Å²) < 4.78 is 7.92. The molecule has 0 saturated heterocycles. The van der Waals surface area contributed by atoms with Gasteiger partial charge in [0.2, 0.25) is 0 Å². The maximum absolute atomic E-state index is 5.94. The molecule has 2 N–H and O–H groups in total. The molecule has 0 saturated carbocycles. The molecular formula is C18H75INPSY28. The fourth-order valence-corrected chi connectivity index (χ4v) is 0. The Morgan fingerprint density at radius 2 is 0.220 bits per heavy atom. The molecule has 32 heteroatoms. The van der Waals surface area contributed by atoms with Crippen molar-refractivity contribution in [2.24, 2.45) is 3.94 Å². The van der Waals surface area contributed by atoms with E-state index in [4.69, 9.17) is 1.41 Å². The van der Waals surface area contributed by atoms with Gasteiger partial charge in [-0.15, -0.1) is 0 Å². The van der Waals surface area contributed by atoms with E-state index >= 15 is 0 Å². The molecule has 0 aliphatic rings. The fourth-order valence-electron chi connectivity index (χ4n) is 0. The minimum absolute atomic E-state index is 0. The molecule has 0 aromatic carbocycles. The van der Waals surface area contributed by atoms with Crippen molar-refractivity contribution < 1.29 is 917 Å². The normalized spacial score (nSPS) is 0.460. The molecule has 254 valence electrons. The van der Waals surface area contributed by atoms with Crippen LogP contribution in [-0.2, 0) is 928 Å². The molecule has 0 aromatic rings. The first-order chi connectivity index (χ1) is 2.41. The SMILES string of the molecule is C.C.C.C.C.C.C.C.C.C.C.C.C.C.C.C.C.C.P=S.[3H]NI.[Y].[Y].[Y].[Y].[Y].[Y].[Y].[Y].[Y].[Y].[Y].[Y].[Y].[Y].[Y].[Y].[Y].[Y].[Y].[Y].[Y].[Y].[Y].[Y].[Y].[Y].[Y].[Y]. The van der Waals surface area contributed by atoms with Crippen LogP contribution < -0.4 is 3.94 Å². The van der Waals surface area contributed by atoms with E-state index in [1.807, 2.05) is 3.94 Å². The summed E-state index contributed by atoms with van der Waals surface area (Å²) in [5.41, 5.74) is 0. The molecule has 0 atom stereocenters. The number of hydrogen-bond donors (Lipinski definition) is 1. The quantitative estimate of drug-likeness (QED) is 0.149. The molecule has 50 heavy (non-hydrogen) atoms. The number of hydrogen-bond acceptors (Lipinski definition) is 2. The first-order valence-corrected chi connectivity index (χ1v) is 3.10. The molecule has 0 rings (SSSR count). The largest absolute Gasteiger partial charge is 0.275 e. The Bertz CT molecular complexity index is 83.6. The summed E-state index contributed by atoms with van der Waals surface area (Å²) in [6, 6.07) is 0. The van der Waals surface area contributed by atoms with E-state index in [2.05, 4.69) is 19.8 Å². The topological polar surface area (TPSA) is 26.0 Å². The number of nitrogens with two attached hydrogens (primary N) is 1. The predicted octanol–water partition coefficient (Wildman–Crippen LogP) is 12.3. The second-order valence-electron chi connectivity index (χ2n) is 0. The van der Waals surface area contributed by atoms with Gasteiger partial charge in [0, 0.05) is 939 Å². The van der Waals surface area contributed by atoms with Gasteiger partial charge in [-0.2, -0.15) is 0 Å². The van der Waals surface area contributed by atoms with Crippen molar-refractivity contribution in [3.8, 4) is 0 Å². The van der Waals surface area contributed by atoms with Gasteiger partial charge in [0.1, 0.15) is 1.41 Å². The Kier molecular flexibility index (Phi) is 4420. The van der Waals surface area contributed by atoms with E-state index in [1.165, 1.54) is 0 Å². The molecule has 0 aromatic heterocycles. The third-order valence-corrected chi connectivity index (χ3v) is 0. The summed E-state index contributed by atoms with van der Waals surface area (Å²) in [6.07, 6.45) is 0. The van der Waals surface area contributed by atoms with E-state index in [9.17, 15) is 0 Å². The molecule has 0 unspecified atom stereocenters. The summed E-state index contributed by atoms with van der Waals surface area (Å²) in [4.78, 5) is 0. The van der Waals surface area contributed by atoms with Crippen LogP contribution in [0.25, 0.3) is 0 Å². The maximum atomic E-state index is 5.94. The Morgan fingerprint density at radius 3 is 0.220 bits per heavy atom. The second kappa shape index (κ2) is 505. The zero-order chi connectivity index (χ0) is 4.71. The smallest absolute Gasteiger partial charge is 0.131 e. The van der Waals surface area contributed by atoms with Gasteiger partial charge in [-0.1, -0.05) is 145 Å². The predicted molar refractivity (Wildman–Crippen MR) is 155 cm³/mol. The Labute approximate surface area is 1060 Å². The molecule has 0 aliphatic carbocycles. The summed E-state index contributed by atoms with van der Waals surface area (Å²) in [5.74, 6) is 0. The Balaban J connectivity index is -0.0000000000405. The van der Waals surface area contributed by atoms with Gasteiger partial charge in [0.15, 0.2) is 0 Å². The minimum atomic E-state index is 0. The Hall–Kier alpha value is 32.1. The minimum Gasteiger partial charge on any atom is -0.275 e. The zero-order valence-corrected chi connectivity index (χ0v) is 101. The van der Waals surface area contributed by atoms with Gasteiger partial charge in [-0.05, 0) is 8.02 Å². The van der Waals surface area contributed by atoms with E-state index in [0.29, 0.717) is 0 Å². The van der Waals surface area contributed by atoms with Crippen molar-refractivity contribution in [3.05, 3.63) is 0 Å². The summed E-state index contributed by atoms with van der Waals surface area (Å²) >= 11 is 5.59. The first kappa shape index (κ1) is 438. The van der Waals surface area contributed by atoms with Gasteiger partial charge < -0.3 is 0 Å². The fraction of sp³-hybridized carbons (Fsp3) is 1.00. The summed E-state index contributed by atoms with van der Waals surface area (Å²) in [6.45, 7) is 0. The molecule has 0 heterocycles. The van der Waals surface area contributed by atoms with Gasteiger partial charge in [-0.25, -0.2) is 0 Å². The van der Waals surface area contributed by atoms with Crippen LogP contribution in [0.15, 0.2) is 0 Å². The van der Waals surface area contributed by atoms with Gasteiger partial charge in [0.05, 0.1) is 0 Å². The molecule has 0 aliphatic heterocycles. The van der Waals surface area contributed by atoms with Crippen LogP contribution in [0.3, 0.4) is 0 Å². The van der Waals surface area contributed by atoms with Crippen molar-refractivity contribution in [1.82, 2.24) is 0 Å². The first-order valence-electron chi connectivity index (χ1n) is 0.893. The van der Waals surface area contributed by atoms with Crippen LogP contribution in [-0.4, -0.2) is 0 Å². The monoisotopic (exact) mass is 2990 g/mol. The van der Waals surface area contributed by atoms with Gasteiger partial charge >= 0.3 is 0 Å². The molecule has 28 radical (unpaired) electrons. The van der Waals surface area contributed by atoms with Crippen LogP contribution in [0.1, 0.15) is 134 Å². The average molecular weight is 2990 g/mol. The van der Waals surface area contributed by atoms with Crippen LogP contribution in [0, 0.1) is 0 Å². The molecule has 0 fully saturated rings. The standard InChI is InChI=1S/18CH4.H2IN.HPS.28Y/c;;;;;;;;;;;;;;;;;;2*1-2;;;;;;;;;;;;;;;;;;;;;;;;;;;;/h18*1H4;2H2;1H;;;;;;;;;;;;;;;;;;;;;;;;;;;;/i/hT. The van der Waals surface area contributed by atoms with Crippen molar-refractivity contribution in [3.63, 3.8) is 0 Å². The molecular weight excluding hydrogens is 2910 g/mol. The Morgan fingerprint density at radius 1 is 0.220 bits per heavy atom.